The molecular weight excluding hydrogens is 340 g/mol. The fourth-order valence-electron chi connectivity index (χ4n) is 2.76. The van der Waals surface area contributed by atoms with E-state index in [1.807, 2.05) is 13.8 Å². The zero-order valence-electron chi connectivity index (χ0n) is 15.4. The number of hydrogen-bond donors (Lipinski definition) is 0. The Labute approximate surface area is 152 Å². The lowest BCUT2D eigenvalue weighted by Gasteiger charge is -2.37. The average Bonchev–Trinajstić information content (AvgIpc) is 2.61. The quantitative estimate of drug-likeness (QED) is 0.419. The Kier molecular flexibility index (Phi) is 6.18. The van der Waals surface area contributed by atoms with Crippen LogP contribution in [0.3, 0.4) is 0 Å². The minimum absolute atomic E-state index is 0.161. The van der Waals surface area contributed by atoms with Crippen molar-refractivity contribution in [3.8, 4) is 5.75 Å². The van der Waals surface area contributed by atoms with E-state index in [0.29, 0.717) is 18.6 Å². The fraction of sp³-hybridized carbons (Fsp3) is 0.556. The van der Waals surface area contributed by atoms with Crippen molar-refractivity contribution >= 4 is 23.3 Å². The van der Waals surface area contributed by atoms with Crippen LogP contribution in [0.2, 0.25) is 0 Å². The van der Waals surface area contributed by atoms with E-state index in [1.165, 1.54) is 23.1 Å². The number of carbonyl (C=O) groups excluding carboxylic acids is 2. The first-order chi connectivity index (χ1) is 12.3. The third kappa shape index (κ3) is 3.95. The minimum atomic E-state index is -0.861. The van der Waals surface area contributed by atoms with Gasteiger partial charge in [-0.2, -0.15) is 0 Å². The van der Waals surface area contributed by atoms with E-state index in [0.717, 1.165) is 0 Å². The Bertz CT molecular complexity index is 703. The molecule has 1 aliphatic heterocycles. The predicted molar refractivity (Wildman–Crippen MR) is 95.2 cm³/mol. The first-order valence-corrected chi connectivity index (χ1v) is 8.74. The van der Waals surface area contributed by atoms with Gasteiger partial charge in [0.25, 0.3) is 11.6 Å². The van der Waals surface area contributed by atoms with Gasteiger partial charge in [0.2, 0.25) is 0 Å². The van der Waals surface area contributed by atoms with Gasteiger partial charge in [-0.05, 0) is 24.8 Å². The van der Waals surface area contributed by atoms with E-state index in [4.69, 9.17) is 9.47 Å². The van der Waals surface area contributed by atoms with E-state index < -0.39 is 28.9 Å². The van der Waals surface area contributed by atoms with Crippen LogP contribution in [0.4, 0.5) is 11.4 Å². The average molecular weight is 364 g/mol. The molecule has 0 radical (unpaired) electrons. The number of nitro benzene ring substituents is 1. The number of fused-ring (bicyclic) bond motifs is 1. The van der Waals surface area contributed by atoms with Gasteiger partial charge in [-0.3, -0.25) is 19.8 Å². The molecule has 0 aromatic heterocycles. The number of ether oxygens (including phenoxy) is 2. The zero-order valence-corrected chi connectivity index (χ0v) is 15.4. The third-order valence-electron chi connectivity index (χ3n) is 4.10. The van der Waals surface area contributed by atoms with Crippen molar-refractivity contribution in [2.75, 3.05) is 11.5 Å². The van der Waals surface area contributed by atoms with Crippen molar-refractivity contribution in [3.63, 3.8) is 0 Å². The summed E-state index contributed by atoms with van der Waals surface area (Å²) in [7, 11) is 0. The van der Waals surface area contributed by atoms with Crippen LogP contribution in [0.5, 0.6) is 5.75 Å². The van der Waals surface area contributed by atoms with Crippen LogP contribution in [0.1, 0.15) is 40.5 Å². The first kappa shape index (κ1) is 19.7. The standard InChI is InChI=1S/C18H24N2O6/c1-5-13(18(22)25-10-11(3)4)19-14-9-12(20(23)24)7-8-16(14)26-15(6-2)17(19)21/h7-9,11,13,15H,5-6,10H2,1-4H3. The zero-order chi connectivity index (χ0) is 19.4. The number of carbonyl (C=O) groups is 2. The second-order valence-electron chi connectivity index (χ2n) is 6.58. The van der Waals surface area contributed by atoms with Crippen molar-refractivity contribution in [2.45, 2.75) is 52.7 Å². The van der Waals surface area contributed by atoms with Crippen LogP contribution < -0.4 is 9.64 Å². The number of esters is 1. The van der Waals surface area contributed by atoms with Crippen molar-refractivity contribution < 1.29 is 24.0 Å². The van der Waals surface area contributed by atoms with Crippen molar-refractivity contribution in [2.24, 2.45) is 5.92 Å². The van der Waals surface area contributed by atoms with Crippen LogP contribution in [0, 0.1) is 16.0 Å². The molecule has 1 heterocycles. The van der Waals surface area contributed by atoms with Gasteiger partial charge in [0.15, 0.2) is 6.10 Å². The molecule has 8 nitrogen and oxygen atoms in total. The molecule has 1 aromatic carbocycles. The highest BCUT2D eigenvalue weighted by Gasteiger charge is 2.41. The number of amides is 1. The van der Waals surface area contributed by atoms with Gasteiger partial charge in [-0.1, -0.05) is 27.7 Å². The maximum Gasteiger partial charge on any atom is 0.329 e. The van der Waals surface area contributed by atoms with Gasteiger partial charge in [0.1, 0.15) is 11.8 Å². The highest BCUT2D eigenvalue weighted by atomic mass is 16.6. The van der Waals surface area contributed by atoms with E-state index in [-0.39, 0.29) is 23.9 Å². The van der Waals surface area contributed by atoms with Crippen LogP contribution in [0.15, 0.2) is 18.2 Å². The molecule has 0 saturated heterocycles. The Hall–Kier alpha value is -2.64. The maximum atomic E-state index is 12.9. The summed E-state index contributed by atoms with van der Waals surface area (Å²) in [6, 6.07) is 3.18. The van der Waals surface area contributed by atoms with Crippen LogP contribution in [0.25, 0.3) is 0 Å². The van der Waals surface area contributed by atoms with Crippen molar-refractivity contribution in [1.29, 1.82) is 0 Å². The van der Waals surface area contributed by atoms with Gasteiger partial charge >= 0.3 is 5.97 Å². The summed E-state index contributed by atoms with van der Waals surface area (Å²) in [6.45, 7) is 7.64. The summed E-state index contributed by atoms with van der Waals surface area (Å²) in [6.07, 6.45) is 0.000644. The topological polar surface area (TPSA) is 99.0 Å². The molecule has 2 unspecified atom stereocenters. The Morgan fingerprint density at radius 3 is 2.62 bits per heavy atom. The number of rotatable bonds is 7. The summed E-state index contributed by atoms with van der Waals surface area (Å²) >= 11 is 0. The maximum absolute atomic E-state index is 12.9. The minimum Gasteiger partial charge on any atom is -0.478 e. The van der Waals surface area contributed by atoms with E-state index in [1.54, 1.807) is 13.8 Å². The summed E-state index contributed by atoms with van der Waals surface area (Å²) in [4.78, 5) is 37.3. The molecule has 1 aromatic rings. The summed E-state index contributed by atoms with van der Waals surface area (Å²) in [5.41, 5.74) is 0.0488. The lowest BCUT2D eigenvalue weighted by atomic mass is 10.1. The van der Waals surface area contributed by atoms with E-state index >= 15 is 0 Å². The molecule has 0 spiro atoms. The number of nitro groups is 1. The summed E-state index contributed by atoms with van der Waals surface area (Å²) in [5.74, 6) is -0.414. The number of non-ortho nitro benzene ring substituents is 1. The van der Waals surface area contributed by atoms with Crippen LogP contribution in [-0.4, -0.2) is 35.6 Å². The molecule has 26 heavy (non-hydrogen) atoms. The molecule has 142 valence electrons. The lowest BCUT2D eigenvalue weighted by Crippen LogP contribution is -2.53. The van der Waals surface area contributed by atoms with E-state index in [2.05, 4.69) is 0 Å². The highest BCUT2D eigenvalue weighted by Crippen LogP contribution is 2.39. The smallest absolute Gasteiger partial charge is 0.329 e. The number of benzene rings is 1. The van der Waals surface area contributed by atoms with Crippen LogP contribution in [-0.2, 0) is 14.3 Å². The Morgan fingerprint density at radius 2 is 2.08 bits per heavy atom. The van der Waals surface area contributed by atoms with Gasteiger partial charge in [0.05, 0.1) is 17.2 Å². The first-order valence-electron chi connectivity index (χ1n) is 8.74. The number of nitrogens with zero attached hydrogens (tertiary/aromatic N) is 2. The van der Waals surface area contributed by atoms with E-state index in [9.17, 15) is 19.7 Å². The van der Waals surface area contributed by atoms with Crippen LogP contribution >= 0.6 is 0 Å². The third-order valence-corrected chi connectivity index (χ3v) is 4.10. The highest BCUT2D eigenvalue weighted by molar-refractivity contribution is 6.04. The molecule has 0 aliphatic carbocycles. The normalized spacial score (nSPS) is 17.5. The SMILES string of the molecule is CCC1Oc2ccc([N+](=O)[O-])cc2N(C(CC)C(=O)OCC(C)C)C1=O. The molecule has 1 amide bonds. The molecular formula is C18H24N2O6. The van der Waals surface area contributed by atoms with Gasteiger partial charge in [-0.15, -0.1) is 0 Å². The Balaban J connectivity index is 2.46. The second kappa shape index (κ2) is 8.16. The van der Waals surface area contributed by atoms with Gasteiger partial charge < -0.3 is 9.47 Å². The Morgan fingerprint density at radius 1 is 1.38 bits per heavy atom. The monoisotopic (exact) mass is 364 g/mol. The predicted octanol–water partition coefficient (Wildman–Crippen LogP) is 3.08. The molecule has 2 atom stereocenters. The molecule has 1 aliphatic rings. The molecule has 0 N–H and O–H groups in total. The fourth-order valence-corrected chi connectivity index (χ4v) is 2.76. The molecule has 2 rings (SSSR count). The van der Waals surface area contributed by atoms with Crippen molar-refractivity contribution in [3.05, 3.63) is 28.3 Å². The van der Waals surface area contributed by atoms with Gasteiger partial charge in [0, 0.05) is 12.1 Å². The lowest BCUT2D eigenvalue weighted by molar-refractivity contribution is -0.384. The van der Waals surface area contributed by atoms with Gasteiger partial charge in [-0.25, -0.2) is 4.79 Å². The second-order valence-corrected chi connectivity index (χ2v) is 6.58. The largest absolute Gasteiger partial charge is 0.478 e. The molecule has 0 saturated carbocycles. The number of hydrogen-bond acceptors (Lipinski definition) is 6. The number of anilines is 1. The summed E-state index contributed by atoms with van der Waals surface area (Å²) in [5, 5.41) is 11.1. The molecule has 0 fully saturated rings. The molecule has 8 heteroatoms. The van der Waals surface area contributed by atoms with Crippen molar-refractivity contribution in [1.82, 2.24) is 0 Å². The molecule has 0 bridgehead atoms. The summed E-state index contributed by atoms with van der Waals surface area (Å²) < 4.78 is 11.0.